The number of nitrogens with one attached hydrogen (secondary N) is 1. The second-order valence-corrected chi connectivity index (χ2v) is 26.2. The molecular formula is C50H64N10O9Si. The summed E-state index contributed by atoms with van der Waals surface area (Å²) in [6.45, 7) is 19.7. The van der Waals surface area contributed by atoms with E-state index in [4.69, 9.17) is 23.7 Å². The van der Waals surface area contributed by atoms with Crippen molar-refractivity contribution >= 4 is 20.0 Å². The summed E-state index contributed by atoms with van der Waals surface area (Å²) >= 11 is 0. The summed E-state index contributed by atoms with van der Waals surface area (Å²) in [6.07, 6.45) is 11.7. The van der Waals surface area contributed by atoms with Crippen LogP contribution in [0.4, 0.5) is 0 Å². The van der Waals surface area contributed by atoms with Crippen molar-refractivity contribution in [1.82, 2.24) is 49.9 Å². The van der Waals surface area contributed by atoms with Gasteiger partial charge in [0.1, 0.15) is 31.3 Å². The predicted octanol–water partition coefficient (Wildman–Crippen LogP) is 8.82. The first kappa shape index (κ1) is 51.1. The molecule has 2 aliphatic rings. The van der Waals surface area contributed by atoms with E-state index in [0.717, 1.165) is 39.4 Å². The number of aromatic amines is 1. The molecule has 0 atom stereocenters. The van der Waals surface area contributed by atoms with Crippen molar-refractivity contribution in [2.24, 2.45) is 22.7 Å². The number of carbonyl (C=O) groups is 2. The molecule has 70 heavy (non-hydrogen) atoms. The molecule has 0 spiro atoms. The lowest BCUT2D eigenvalue weighted by Gasteiger charge is -2.19. The molecule has 0 amide bonds. The number of H-pyrrole nitrogens is 1. The van der Waals surface area contributed by atoms with Gasteiger partial charge in [0.05, 0.1) is 24.0 Å². The fourth-order valence-electron chi connectivity index (χ4n) is 6.37. The first-order chi connectivity index (χ1) is 33.2. The van der Waals surface area contributed by atoms with E-state index in [1.807, 2.05) is 38.1 Å². The number of carboxylic acid groups (broad SMARTS) is 2. The van der Waals surface area contributed by atoms with Gasteiger partial charge >= 0.3 is 24.0 Å². The maximum absolute atomic E-state index is 11.3. The quantitative estimate of drug-likeness (QED) is 0.0401. The summed E-state index contributed by atoms with van der Waals surface area (Å²) in [4.78, 5) is 49.3. The van der Waals surface area contributed by atoms with E-state index in [-0.39, 0.29) is 13.2 Å². The Bertz CT molecular complexity index is 2730. The van der Waals surface area contributed by atoms with E-state index in [1.165, 1.54) is 25.7 Å². The van der Waals surface area contributed by atoms with Gasteiger partial charge in [0.15, 0.2) is 5.82 Å². The molecule has 6 aromatic rings. The van der Waals surface area contributed by atoms with E-state index in [2.05, 4.69) is 64.8 Å². The van der Waals surface area contributed by atoms with Crippen LogP contribution in [0.1, 0.15) is 64.5 Å². The highest BCUT2D eigenvalue weighted by Crippen LogP contribution is 2.32. The van der Waals surface area contributed by atoms with Crippen molar-refractivity contribution in [2.45, 2.75) is 99.6 Å². The molecule has 2 saturated carbocycles. The first-order valence-electron chi connectivity index (χ1n) is 23.5. The monoisotopic (exact) mass is 976 g/mol. The van der Waals surface area contributed by atoms with Gasteiger partial charge in [0.2, 0.25) is 17.6 Å². The Kier molecular flexibility index (Phi) is 16.0. The number of aryl methyl sites for hydroxylation is 2. The number of pyridine rings is 4. The highest BCUT2D eigenvalue weighted by molar-refractivity contribution is 6.76. The second kappa shape index (κ2) is 21.9. The van der Waals surface area contributed by atoms with Gasteiger partial charge in [-0.15, -0.1) is 10.2 Å². The van der Waals surface area contributed by atoms with Crippen LogP contribution in [0.2, 0.25) is 25.7 Å². The van der Waals surface area contributed by atoms with Gasteiger partial charge in [0.25, 0.3) is 0 Å². The summed E-state index contributed by atoms with van der Waals surface area (Å²) in [5, 5.41) is 30.1. The van der Waals surface area contributed by atoms with Crippen LogP contribution < -0.4 is 18.9 Å². The number of aromatic nitrogens is 10. The average Bonchev–Trinajstić information content (AvgIpc) is 4.25. The van der Waals surface area contributed by atoms with E-state index < -0.39 is 30.8 Å². The third-order valence-corrected chi connectivity index (χ3v) is 13.4. The fourth-order valence-corrected chi connectivity index (χ4v) is 7.13. The highest BCUT2D eigenvalue weighted by Gasteiger charge is 2.30. The average molecular weight is 977 g/mol. The molecule has 2 fully saturated rings. The van der Waals surface area contributed by atoms with Crippen molar-refractivity contribution in [3.8, 4) is 69.1 Å². The van der Waals surface area contributed by atoms with Crippen LogP contribution in [0, 0.1) is 36.5 Å². The van der Waals surface area contributed by atoms with Crippen molar-refractivity contribution < 1.29 is 43.5 Å². The second-order valence-electron chi connectivity index (χ2n) is 20.5. The highest BCUT2D eigenvalue weighted by atomic mass is 28.3. The Hall–Kier alpha value is -6.80. The van der Waals surface area contributed by atoms with E-state index in [0.29, 0.717) is 85.2 Å². The summed E-state index contributed by atoms with van der Waals surface area (Å²) in [5.74, 6) is 1.21. The van der Waals surface area contributed by atoms with E-state index >= 15 is 0 Å². The first-order valence-corrected chi connectivity index (χ1v) is 27.2. The third-order valence-electron chi connectivity index (χ3n) is 11.7. The van der Waals surface area contributed by atoms with Gasteiger partial charge in [-0.05, 0) is 108 Å². The minimum atomic E-state index is -1.18. The van der Waals surface area contributed by atoms with Crippen molar-refractivity contribution in [1.29, 1.82) is 0 Å². The molecule has 20 heteroatoms. The van der Waals surface area contributed by atoms with E-state index in [1.54, 1.807) is 69.3 Å². The molecule has 6 heterocycles. The lowest BCUT2D eigenvalue weighted by molar-refractivity contribution is -0.149. The standard InChI is InChI=1S/C28H39N5O5Si.C22H25N5O4/c1-19-13-24(38-17-28(2,3)26(34)35)30-15-22(19)21-9-10-23(29-14-21)25-31-27(37-16-20-7-8-20)33(32-25)18-36-11-12-39(4,5)6;1-13-8-18(31-12-22(2,3)20(28)29)24-10-16(13)15-6-7-17(23-9-15)19-25-21(27-26-19)30-11-14-4-5-14/h9-10,13-15,20H,7-8,11-12,16-18H2,1-6H3,(H,34,35);6-10,14H,4-5,11-12H2,1-3H3,(H,28,29)(H,25,26,27). The van der Waals surface area contributed by atoms with Crippen molar-refractivity contribution in [3.63, 3.8) is 0 Å². The zero-order chi connectivity index (χ0) is 50.2. The maximum Gasteiger partial charge on any atom is 0.335 e. The van der Waals surface area contributed by atoms with Gasteiger partial charge in [-0.1, -0.05) is 31.8 Å². The Balaban J connectivity index is 0.000000212. The number of aliphatic carboxylic acids is 2. The van der Waals surface area contributed by atoms with Crippen LogP contribution in [-0.2, 0) is 21.1 Å². The van der Waals surface area contributed by atoms with E-state index in [9.17, 15) is 19.8 Å². The maximum atomic E-state index is 11.3. The van der Waals surface area contributed by atoms with Gasteiger partial charge in [-0.2, -0.15) is 14.6 Å². The molecule has 0 radical (unpaired) electrons. The molecule has 0 aromatic carbocycles. The fraction of sp³-hybridized carbons (Fsp3) is 0.480. The van der Waals surface area contributed by atoms with Crippen molar-refractivity contribution in [2.75, 3.05) is 33.0 Å². The molecule has 372 valence electrons. The van der Waals surface area contributed by atoms with Gasteiger partial charge in [-0.3, -0.25) is 24.7 Å². The molecule has 19 nitrogen and oxygen atoms in total. The van der Waals surface area contributed by atoms with Crippen LogP contribution in [0.15, 0.2) is 61.2 Å². The lowest BCUT2D eigenvalue weighted by atomic mass is 9.95. The summed E-state index contributed by atoms with van der Waals surface area (Å²) in [7, 11) is -1.18. The molecule has 3 N–H and O–H groups in total. The Morgan fingerprint density at radius 2 is 1.24 bits per heavy atom. The molecule has 6 aromatic heterocycles. The Morgan fingerprint density at radius 3 is 1.71 bits per heavy atom. The number of ether oxygens (including phenoxy) is 5. The molecule has 0 unspecified atom stereocenters. The normalized spacial score (nSPS) is 13.8. The van der Waals surface area contributed by atoms with Gasteiger partial charge in [-0.25, -0.2) is 9.97 Å². The number of hydrogen-bond donors (Lipinski definition) is 3. The number of hydrogen-bond acceptors (Lipinski definition) is 15. The van der Waals surface area contributed by atoms with Crippen LogP contribution >= 0.6 is 0 Å². The minimum Gasteiger partial charge on any atom is -0.481 e. The Morgan fingerprint density at radius 1 is 0.714 bits per heavy atom. The summed E-state index contributed by atoms with van der Waals surface area (Å²) in [6, 6.07) is 13.1. The molecule has 8 rings (SSSR count). The SMILES string of the molecule is Cc1cc(OCC(C)(C)C(=O)O)ncc1-c1ccc(-c2nc(OCC3CC3)n(COCC[Si](C)(C)C)n2)nc1.Cc1cc(OCC(C)(C)C(=O)O)ncc1-c1ccc(-c2nc(OCC3CC3)n[nH]2)nc1. The zero-order valence-electron chi connectivity index (χ0n) is 41.5. The largest absolute Gasteiger partial charge is 0.481 e. The number of rotatable bonds is 23. The Labute approximate surface area is 408 Å². The summed E-state index contributed by atoms with van der Waals surface area (Å²) < 4.78 is 30.3. The molecular weight excluding hydrogens is 913 g/mol. The van der Waals surface area contributed by atoms with Crippen LogP contribution in [0.25, 0.3) is 45.3 Å². The van der Waals surface area contributed by atoms with Crippen LogP contribution in [-0.4, -0.2) is 113 Å². The van der Waals surface area contributed by atoms with Crippen molar-refractivity contribution in [3.05, 3.63) is 72.3 Å². The summed E-state index contributed by atoms with van der Waals surface area (Å²) in [5.41, 5.74) is 4.80. The van der Waals surface area contributed by atoms with Crippen LogP contribution in [0.5, 0.6) is 23.8 Å². The van der Waals surface area contributed by atoms with Gasteiger partial charge in [0, 0.05) is 73.9 Å². The lowest BCUT2D eigenvalue weighted by Crippen LogP contribution is -2.30. The third kappa shape index (κ3) is 14.4. The molecule has 2 aliphatic carbocycles. The zero-order valence-corrected chi connectivity index (χ0v) is 42.5. The minimum absolute atomic E-state index is 0.0275. The topological polar surface area (TPSA) is 245 Å². The van der Waals surface area contributed by atoms with Crippen LogP contribution in [0.3, 0.4) is 0 Å². The number of nitrogens with zero attached hydrogens (tertiary/aromatic N) is 9. The van der Waals surface area contributed by atoms with Gasteiger partial charge < -0.3 is 33.9 Å². The number of carboxylic acids is 2. The molecule has 0 bridgehead atoms. The smallest absolute Gasteiger partial charge is 0.335 e. The predicted molar refractivity (Wildman–Crippen MR) is 263 cm³/mol. The molecule has 0 aliphatic heterocycles. The molecule has 0 saturated heterocycles.